The van der Waals surface area contributed by atoms with Crippen LogP contribution < -0.4 is 10.4 Å². The van der Waals surface area contributed by atoms with Crippen LogP contribution in [0.25, 0.3) is 0 Å². The summed E-state index contributed by atoms with van der Waals surface area (Å²) in [4.78, 5) is 13.5. The number of allylic oxidation sites excluding steroid dienone is 1. The van der Waals surface area contributed by atoms with Crippen molar-refractivity contribution in [2.75, 3.05) is 6.61 Å². The quantitative estimate of drug-likeness (QED) is 0.0922. The molecular formula is C55H78O4Si. The van der Waals surface area contributed by atoms with E-state index >= 15 is 0 Å². The fraction of sp³-hybridized carbons (Fsp3) is 0.618. The topological polar surface area (TPSA) is 44.8 Å². The lowest BCUT2D eigenvalue weighted by molar-refractivity contribution is -0.152. The van der Waals surface area contributed by atoms with E-state index in [1.807, 2.05) is 6.92 Å². The summed E-state index contributed by atoms with van der Waals surface area (Å²) in [7, 11) is -2.63. The van der Waals surface area contributed by atoms with Crippen molar-refractivity contribution in [3.8, 4) is 0 Å². The van der Waals surface area contributed by atoms with Crippen molar-refractivity contribution >= 4 is 24.7 Å². The highest BCUT2D eigenvalue weighted by Crippen LogP contribution is 2.67. The van der Waals surface area contributed by atoms with Gasteiger partial charge in [-0.05, 0) is 138 Å². The second-order valence-electron chi connectivity index (χ2n) is 22.3. The Morgan fingerprint density at radius 3 is 2.00 bits per heavy atom. The standard InChI is InChI=1S/C55H78O4Si/c1-11-57-51(56)41(37-52(3,4)5)35-50(58-38-40-21-15-12-16-22-40)39(2)47-29-30-48-46-28-27-42-36-43(31-33-54(42,9)49(46)32-34-55(47,48)10)59-60(53(6,7)8,44-23-17-13-18-24-44)45-25-19-14-20-26-45/h12-27,39,41,43,46-50H,11,28-38H2,1-10H3/t39-,41-,43-,46-,47+,48-,49-,50-,54-,55+/m0/s1. The van der Waals surface area contributed by atoms with Gasteiger partial charge in [-0.25, -0.2) is 0 Å². The fourth-order valence-electron chi connectivity index (χ4n) is 13.6. The van der Waals surface area contributed by atoms with Crippen molar-refractivity contribution in [1.82, 2.24) is 0 Å². The van der Waals surface area contributed by atoms with Crippen LogP contribution in [0.1, 0.15) is 139 Å². The second kappa shape index (κ2) is 18.0. The summed E-state index contributed by atoms with van der Waals surface area (Å²) in [5, 5.41) is 2.74. The molecule has 0 radical (unpaired) electrons. The molecule has 0 bridgehead atoms. The Morgan fingerprint density at radius 2 is 1.42 bits per heavy atom. The van der Waals surface area contributed by atoms with Gasteiger partial charge in [0.1, 0.15) is 0 Å². The Labute approximate surface area is 365 Å². The number of fused-ring (bicyclic) bond motifs is 5. The van der Waals surface area contributed by atoms with Gasteiger partial charge >= 0.3 is 5.97 Å². The van der Waals surface area contributed by atoms with Crippen LogP contribution in [0.5, 0.6) is 0 Å². The van der Waals surface area contributed by atoms with E-state index in [9.17, 15) is 4.79 Å². The van der Waals surface area contributed by atoms with E-state index in [0.717, 1.165) is 37.0 Å². The molecule has 60 heavy (non-hydrogen) atoms. The smallest absolute Gasteiger partial charge is 0.309 e. The molecular weight excluding hydrogens is 753 g/mol. The maximum atomic E-state index is 13.5. The largest absolute Gasteiger partial charge is 0.466 e. The maximum absolute atomic E-state index is 13.5. The highest BCUT2D eigenvalue weighted by Gasteiger charge is 2.60. The Balaban J connectivity index is 1.11. The molecule has 4 nitrogen and oxygen atoms in total. The minimum absolute atomic E-state index is 0.0125. The van der Waals surface area contributed by atoms with E-state index in [0.29, 0.717) is 31.5 Å². The highest BCUT2D eigenvalue weighted by atomic mass is 28.4. The average Bonchev–Trinajstić information content (AvgIpc) is 3.58. The molecule has 0 spiro atoms. The molecule has 3 fully saturated rings. The van der Waals surface area contributed by atoms with E-state index in [-0.39, 0.29) is 45.4 Å². The molecule has 0 amide bonds. The van der Waals surface area contributed by atoms with Gasteiger partial charge in [0.25, 0.3) is 8.32 Å². The average molecular weight is 831 g/mol. The Kier molecular flexibility index (Phi) is 13.5. The zero-order valence-electron chi connectivity index (χ0n) is 39.0. The lowest BCUT2D eigenvalue weighted by Crippen LogP contribution is -2.68. The summed E-state index contributed by atoms with van der Waals surface area (Å²) in [6.07, 6.45) is 14.2. The molecule has 0 N–H and O–H groups in total. The van der Waals surface area contributed by atoms with Crippen molar-refractivity contribution < 1.29 is 18.7 Å². The molecule has 3 aromatic rings. The van der Waals surface area contributed by atoms with Gasteiger partial charge in [0.2, 0.25) is 0 Å². The molecule has 3 saturated carbocycles. The predicted octanol–water partition coefficient (Wildman–Crippen LogP) is 12.7. The highest BCUT2D eigenvalue weighted by molar-refractivity contribution is 6.99. The molecule has 0 unspecified atom stereocenters. The number of carbonyl (C=O) groups excluding carboxylic acids is 1. The number of esters is 1. The SMILES string of the molecule is CCOC(=O)[C@@H](C[C@H](OCc1ccccc1)[C@@H](C)[C@H]1CC[C@H]2[C@@H]3CC=C4C[C@@H](O[Si](c5ccccc5)(c5ccccc5)C(C)(C)C)CC[C@]4(C)[C@H]3CC[C@]12C)CC(C)(C)C. The third-order valence-corrected chi connectivity index (χ3v) is 21.5. The predicted molar refractivity (Wildman–Crippen MR) is 251 cm³/mol. The monoisotopic (exact) mass is 831 g/mol. The number of ether oxygens (including phenoxy) is 2. The third-order valence-electron chi connectivity index (χ3n) is 16.4. The number of hydrogen-bond donors (Lipinski definition) is 0. The van der Waals surface area contributed by atoms with Gasteiger partial charge in [-0.1, -0.05) is 165 Å². The van der Waals surface area contributed by atoms with Crippen molar-refractivity contribution in [2.24, 2.45) is 51.8 Å². The maximum Gasteiger partial charge on any atom is 0.309 e. The summed E-state index contributed by atoms with van der Waals surface area (Å²) in [5.74, 6) is 2.84. The van der Waals surface area contributed by atoms with Gasteiger partial charge in [-0.3, -0.25) is 4.79 Å². The van der Waals surface area contributed by atoms with Crippen molar-refractivity contribution in [3.05, 3.63) is 108 Å². The third kappa shape index (κ3) is 8.93. The molecule has 0 saturated heterocycles. The molecule has 5 heteroatoms. The Hall–Kier alpha value is -2.99. The van der Waals surface area contributed by atoms with Crippen LogP contribution in [-0.4, -0.2) is 33.1 Å². The van der Waals surface area contributed by atoms with Crippen LogP contribution in [0.4, 0.5) is 0 Å². The van der Waals surface area contributed by atoms with Crippen LogP contribution in [0.2, 0.25) is 5.04 Å². The van der Waals surface area contributed by atoms with E-state index in [2.05, 4.69) is 159 Å². The Morgan fingerprint density at radius 1 is 0.800 bits per heavy atom. The summed E-state index contributed by atoms with van der Waals surface area (Å²) < 4.78 is 20.5. The van der Waals surface area contributed by atoms with Crippen LogP contribution in [0.3, 0.4) is 0 Å². The summed E-state index contributed by atoms with van der Waals surface area (Å²) in [6, 6.07) is 33.0. The second-order valence-corrected chi connectivity index (χ2v) is 26.5. The summed E-state index contributed by atoms with van der Waals surface area (Å²) in [5.41, 5.74) is 3.40. The molecule has 0 aliphatic heterocycles. The summed E-state index contributed by atoms with van der Waals surface area (Å²) >= 11 is 0. The number of rotatable bonds is 14. The normalized spacial score (nSPS) is 29.6. The Bertz CT molecular complexity index is 1860. The molecule has 0 heterocycles. The van der Waals surface area contributed by atoms with Gasteiger partial charge in [0, 0.05) is 6.10 Å². The molecule has 4 aliphatic rings. The number of carbonyl (C=O) groups is 1. The molecule has 3 aromatic carbocycles. The first-order valence-corrected chi connectivity index (χ1v) is 25.7. The first kappa shape index (κ1) is 45.0. The van der Waals surface area contributed by atoms with Crippen molar-refractivity contribution in [3.63, 3.8) is 0 Å². The molecule has 4 aliphatic carbocycles. The van der Waals surface area contributed by atoms with Gasteiger partial charge in [0.15, 0.2) is 0 Å². The van der Waals surface area contributed by atoms with E-state index < -0.39 is 8.32 Å². The molecule has 0 aromatic heterocycles. The van der Waals surface area contributed by atoms with Crippen molar-refractivity contribution in [2.45, 2.75) is 157 Å². The van der Waals surface area contributed by atoms with Crippen LogP contribution in [-0.2, 0) is 25.3 Å². The zero-order chi connectivity index (χ0) is 42.9. The minimum Gasteiger partial charge on any atom is -0.466 e. The molecule has 7 rings (SSSR count). The zero-order valence-corrected chi connectivity index (χ0v) is 40.0. The minimum atomic E-state index is -2.63. The van der Waals surface area contributed by atoms with Gasteiger partial charge in [0.05, 0.1) is 25.2 Å². The lowest BCUT2D eigenvalue weighted by Gasteiger charge is -2.59. The van der Waals surface area contributed by atoms with E-state index in [1.54, 1.807) is 5.57 Å². The molecule has 10 atom stereocenters. The van der Waals surface area contributed by atoms with E-state index in [1.165, 1.54) is 54.5 Å². The van der Waals surface area contributed by atoms with Crippen LogP contribution in [0.15, 0.2) is 103 Å². The van der Waals surface area contributed by atoms with Gasteiger partial charge in [-0.2, -0.15) is 0 Å². The van der Waals surface area contributed by atoms with Crippen molar-refractivity contribution in [1.29, 1.82) is 0 Å². The van der Waals surface area contributed by atoms with Crippen LogP contribution in [0, 0.1) is 51.8 Å². The van der Waals surface area contributed by atoms with Gasteiger partial charge in [-0.15, -0.1) is 0 Å². The first-order chi connectivity index (χ1) is 28.5. The number of benzene rings is 3. The van der Waals surface area contributed by atoms with Gasteiger partial charge < -0.3 is 13.9 Å². The molecule has 326 valence electrons. The lowest BCUT2D eigenvalue weighted by atomic mass is 9.47. The van der Waals surface area contributed by atoms with E-state index in [4.69, 9.17) is 13.9 Å². The summed E-state index contributed by atoms with van der Waals surface area (Å²) in [6.45, 7) is 24.6. The fourth-order valence-corrected chi connectivity index (χ4v) is 18.3. The van der Waals surface area contributed by atoms with Crippen LogP contribution >= 0.6 is 0 Å². The first-order valence-electron chi connectivity index (χ1n) is 23.8. The number of hydrogen-bond acceptors (Lipinski definition) is 4.